The molecular formula is C19H17Cl2N3O4. The number of aromatic nitrogens is 2. The maximum atomic E-state index is 12.1. The van der Waals surface area contributed by atoms with Gasteiger partial charge < -0.3 is 19.2 Å². The van der Waals surface area contributed by atoms with Crippen molar-refractivity contribution in [3.05, 3.63) is 58.8 Å². The van der Waals surface area contributed by atoms with Crippen LogP contribution in [0.4, 0.5) is 0 Å². The summed E-state index contributed by atoms with van der Waals surface area (Å²) in [5.74, 6) is 1.06. The van der Waals surface area contributed by atoms with Gasteiger partial charge in [-0.25, -0.2) is 0 Å². The Labute approximate surface area is 171 Å². The average molecular weight is 422 g/mol. The predicted octanol–water partition coefficient (Wildman–Crippen LogP) is 4.01. The number of carbonyl (C=O) groups excluding carboxylic acids is 1. The number of rotatable bonds is 8. The van der Waals surface area contributed by atoms with Gasteiger partial charge in [0, 0.05) is 11.1 Å². The minimum absolute atomic E-state index is 0.231. The molecule has 9 heteroatoms. The Kier molecular flexibility index (Phi) is 6.73. The van der Waals surface area contributed by atoms with Crippen LogP contribution in [0, 0.1) is 0 Å². The van der Waals surface area contributed by atoms with Gasteiger partial charge in [0.25, 0.3) is 5.91 Å². The SMILES string of the molecule is CC(Oc1ccc(Cl)cc1Cl)C(=O)NCCOc1ccc(-c2ccco2)nn1. The number of nitrogens with zero attached hydrogens (tertiary/aromatic N) is 2. The van der Waals surface area contributed by atoms with E-state index in [1.807, 2.05) is 0 Å². The fourth-order valence-electron chi connectivity index (χ4n) is 2.24. The summed E-state index contributed by atoms with van der Waals surface area (Å²) < 4.78 is 16.3. The van der Waals surface area contributed by atoms with E-state index in [2.05, 4.69) is 15.5 Å². The normalized spacial score (nSPS) is 11.7. The van der Waals surface area contributed by atoms with Gasteiger partial charge in [-0.15, -0.1) is 10.2 Å². The van der Waals surface area contributed by atoms with Crippen molar-refractivity contribution < 1.29 is 18.7 Å². The number of carbonyl (C=O) groups is 1. The lowest BCUT2D eigenvalue weighted by molar-refractivity contribution is -0.127. The second-order valence-corrected chi connectivity index (χ2v) is 6.55. The summed E-state index contributed by atoms with van der Waals surface area (Å²) in [6.07, 6.45) is 0.835. The average Bonchev–Trinajstić information content (AvgIpc) is 3.22. The van der Waals surface area contributed by atoms with Crippen molar-refractivity contribution in [1.29, 1.82) is 0 Å². The van der Waals surface area contributed by atoms with E-state index in [4.69, 9.17) is 37.1 Å². The van der Waals surface area contributed by atoms with E-state index in [9.17, 15) is 4.79 Å². The third-order valence-corrected chi connectivity index (χ3v) is 4.16. The van der Waals surface area contributed by atoms with Gasteiger partial charge in [-0.05, 0) is 43.3 Å². The second kappa shape index (κ2) is 9.43. The third-order valence-electron chi connectivity index (χ3n) is 3.63. The van der Waals surface area contributed by atoms with E-state index in [1.165, 1.54) is 0 Å². The standard InChI is InChI=1S/C19H17Cl2N3O4/c1-12(28-16-6-4-13(20)11-14(16)21)19(25)22-8-10-27-18-7-5-15(23-24-18)17-3-2-9-26-17/h2-7,9,11-12H,8,10H2,1H3,(H,22,25). The van der Waals surface area contributed by atoms with Gasteiger partial charge in [0.2, 0.25) is 5.88 Å². The number of amides is 1. The maximum Gasteiger partial charge on any atom is 0.260 e. The molecule has 7 nitrogen and oxygen atoms in total. The molecule has 146 valence electrons. The van der Waals surface area contributed by atoms with Gasteiger partial charge in [0.1, 0.15) is 18.1 Å². The lowest BCUT2D eigenvalue weighted by atomic mass is 10.3. The Hall–Kier alpha value is -2.77. The van der Waals surface area contributed by atoms with E-state index in [0.717, 1.165) is 0 Å². The summed E-state index contributed by atoms with van der Waals surface area (Å²) in [5, 5.41) is 11.5. The first-order chi connectivity index (χ1) is 13.5. The van der Waals surface area contributed by atoms with E-state index in [-0.39, 0.29) is 19.1 Å². The summed E-state index contributed by atoms with van der Waals surface area (Å²) in [6, 6.07) is 11.8. The Balaban J connectivity index is 1.41. The molecule has 0 spiro atoms. The van der Waals surface area contributed by atoms with Gasteiger partial charge >= 0.3 is 0 Å². The molecule has 0 aliphatic heterocycles. The molecule has 28 heavy (non-hydrogen) atoms. The zero-order valence-electron chi connectivity index (χ0n) is 14.9. The van der Waals surface area contributed by atoms with Crippen molar-refractivity contribution in [2.24, 2.45) is 0 Å². The Morgan fingerprint density at radius 2 is 2.07 bits per heavy atom. The predicted molar refractivity (Wildman–Crippen MR) is 105 cm³/mol. The van der Waals surface area contributed by atoms with Crippen molar-refractivity contribution in [2.45, 2.75) is 13.0 Å². The molecule has 0 radical (unpaired) electrons. The second-order valence-electron chi connectivity index (χ2n) is 5.71. The monoisotopic (exact) mass is 421 g/mol. The molecule has 0 aliphatic rings. The number of hydrogen-bond acceptors (Lipinski definition) is 6. The number of nitrogens with one attached hydrogen (secondary N) is 1. The zero-order chi connectivity index (χ0) is 19.9. The fraction of sp³-hybridized carbons (Fsp3) is 0.211. The quantitative estimate of drug-likeness (QED) is 0.553. The van der Waals surface area contributed by atoms with E-state index < -0.39 is 6.10 Å². The molecule has 0 fully saturated rings. The van der Waals surface area contributed by atoms with Gasteiger partial charge in [0.05, 0.1) is 17.8 Å². The summed E-state index contributed by atoms with van der Waals surface area (Å²) >= 11 is 11.9. The molecule has 1 aromatic carbocycles. The number of furan rings is 1. The minimum atomic E-state index is -0.731. The van der Waals surface area contributed by atoms with Crippen LogP contribution in [0.5, 0.6) is 11.6 Å². The highest BCUT2D eigenvalue weighted by molar-refractivity contribution is 6.35. The summed E-state index contributed by atoms with van der Waals surface area (Å²) in [4.78, 5) is 12.1. The molecule has 1 amide bonds. The topological polar surface area (TPSA) is 86.5 Å². The molecule has 2 aromatic heterocycles. The number of ether oxygens (including phenoxy) is 2. The highest BCUT2D eigenvalue weighted by Gasteiger charge is 2.16. The molecule has 3 aromatic rings. The van der Waals surface area contributed by atoms with Crippen LogP contribution >= 0.6 is 23.2 Å². The van der Waals surface area contributed by atoms with Crippen LogP contribution in [-0.4, -0.2) is 35.4 Å². The smallest absolute Gasteiger partial charge is 0.260 e. The summed E-state index contributed by atoms with van der Waals surface area (Å²) in [5.41, 5.74) is 0.609. The molecule has 0 saturated heterocycles. The molecule has 0 bridgehead atoms. The number of hydrogen-bond donors (Lipinski definition) is 1. The van der Waals surface area contributed by atoms with Crippen molar-refractivity contribution in [3.63, 3.8) is 0 Å². The fourth-order valence-corrected chi connectivity index (χ4v) is 2.69. The third kappa shape index (κ3) is 5.37. The summed E-state index contributed by atoms with van der Waals surface area (Å²) in [7, 11) is 0. The van der Waals surface area contributed by atoms with Crippen LogP contribution < -0.4 is 14.8 Å². The molecule has 0 aliphatic carbocycles. The van der Waals surface area contributed by atoms with Crippen molar-refractivity contribution in [1.82, 2.24) is 15.5 Å². The van der Waals surface area contributed by atoms with Crippen LogP contribution in [0.25, 0.3) is 11.5 Å². The lowest BCUT2D eigenvalue weighted by Crippen LogP contribution is -2.38. The highest BCUT2D eigenvalue weighted by atomic mass is 35.5. The number of benzene rings is 1. The van der Waals surface area contributed by atoms with Crippen LogP contribution in [0.1, 0.15) is 6.92 Å². The molecular weight excluding hydrogens is 405 g/mol. The van der Waals surface area contributed by atoms with Crippen LogP contribution in [-0.2, 0) is 4.79 Å². The lowest BCUT2D eigenvalue weighted by Gasteiger charge is -2.15. The first kappa shape index (κ1) is 20.0. The molecule has 1 atom stereocenters. The van der Waals surface area contributed by atoms with Crippen molar-refractivity contribution >= 4 is 29.1 Å². The Morgan fingerprint density at radius 3 is 2.75 bits per heavy atom. The first-order valence-electron chi connectivity index (χ1n) is 8.43. The van der Waals surface area contributed by atoms with Crippen molar-refractivity contribution in [3.8, 4) is 23.1 Å². The van der Waals surface area contributed by atoms with E-state index >= 15 is 0 Å². The van der Waals surface area contributed by atoms with Crippen LogP contribution in [0.2, 0.25) is 10.0 Å². The van der Waals surface area contributed by atoms with Gasteiger partial charge in [-0.2, -0.15) is 0 Å². The van der Waals surface area contributed by atoms with Gasteiger partial charge in [0.15, 0.2) is 11.9 Å². The molecule has 1 N–H and O–H groups in total. The molecule has 3 rings (SSSR count). The number of halogens is 2. The highest BCUT2D eigenvalue weighted by Crippen LogP contribution is 2.28. The molecule has 1 unspecified atom stereocenters. The molecule has 2 heterocycles. The van der Waals surface area contributed by atoms with Crippen LogP contribution in [0.3, 0.4) is 0 Å². The molecule has 0 saturated carbocycles. The van der Waals surface area contributed by atoms with Crippen LogP contribution in [0.15, 0.2) is 53.1 Å². The largest absolute Gasteiger partial charge is 0.479 e. The van der Waals surface area contributed by atoms with E-state index in [1.54, 1.807) is 55.7 Å². The maximum absolute atomic E-state index is 12.1. The summed E-state index contributed by atoms with van der Waals surface area (Å²) in [6.45, 7) is 2.14. The van der Waals surface area contributed by atoms with E-state index in [0.29, 0.717) is 33.1 Å². The van der Waals surface area contributed by atoms with Crippen molar-refractivity contribution in [2.75, 3.05) is 13.2 Å². The minimum Gasteiger partial charge on any atom is -0.479 e. The van der Waals surface area contributed by atoms with Gasteiger partial charge in [-0.3, -0.25) is 4.79 Å². The van der Waals surface area contributed by atoms with Gasteiger partial charge in [-0.1, -0.05) is 23.2 Å². The Morgan fingerprint density at radius 1 is 1.21 bits per heavy atom. The first-order valence-corrected chi connectivity index (χ1v) is 9.18. The Bertz CT molecular complexity index is 917. The zero-order valence-corrected chi connectivity index (χ0v) is 16.4.